The van der Waals surface area contributed by atoms with Gasteiger partial charge in [-0.3, -0.25) is 0 Å². The molecule has 0 aliphatic rings. The van der Waals surface area contributed by atoms with Gasteiger partial charge in [-0.15, -0.1) is 0 Å². The van der Waals surface area contributed by atoms with Gasteiger partial charge >= 0.3 is 0 Å². The van der Waals surface area contributed by atoms with Gasteiger partial charge in [-0.1, -0.05) is 0 Å². The molecule has 1 atom stereocenters. The lowest BCUT2D eigenvalue weighted by Gasteiger charge is -2.21. The molecule has 98 valence electrons. The first-order chi connectivity index (χ1) is 7.27. The van der Waals surface area contributed by atoms with E-state index in [1.54, 1.807) is 0 Å². The van der Waals surface area contributed by atoms with Gasteiger partial charge in [-0.05, 0) is 40.5 Å². The zero-order chi connectivity index (χ0) is 12.7. The van der Waals surface area contributed by atoms with Crippen LogP contribution < -0.4 is 5.73 Å². The quantitative estimate of drug-likeness (QED) is 0.620. The maximum Gasteiger partial charge on any atom is 0.0707 e. The molecule has 0 aromatic rings. The lowest BCUT2D eigenvalue weighted by molar-refractivity contribution is -0.0356. The molecular formula is C12H27NO3. The van der Waals surface area contributed by atoms with Crippen LogP contribution >= 0.6 is 0 Å². The molecule has 16 heavy (non-hydrogen) atoms. The number of ether oxygens (including phenoxy) is 2. The highest BCUT2D eigenvalue weighted by Crippen LogP contribution is 2.08. The Hall–Kier alpha value is -0.160. The van der Waals surface area contributed by atoms with E-state index >= 15 is 0 Å². The summed E-state index contributed by atoms with van der Waals surface area (Å²) in [4.78, 5) is 0. The van der Waals surface area contributed by atoms with Crippen molar-refractivity contribution < 1.29 is 14.6 Å². The molecule has 0 amide bonds. The minimum absolute atomic E-state index is 0.0140. The van der Waals surface area contributed by atoms with Gasteiger partial charge in [-0.25, -0.2) is 0 Å². The number of aliphatic hydroxyl groups excluding tert-OH is 1. The van der Waals surface area contributed by atoms with E-state index in [0.717, 1.165) is 12.8 Å². The van der Waals surface area contributed by atoms with Gasteiger partial charge in [0.15, 0.2) is 0 Å². The van der Waals surface area contributed by atoms with Crippen LogP contribution in [0.5, 0.6) is 0 Å². The molecule has 0 aliphatic heterocycles. The molecule has 0 aromatic carbocycles. The number of hydrogen-bond acceptors (Lipinski definition) is 4. The molecule has 0 saturated heterocycles. The van der Waals surface area contributed by atoms with Crippen LogP contribution in [0.4, 0.5) is 0 Å². The highest BCUT2D eigenvalue weighted by molar-refractivity contribution is 4.76. The fraction of sp³-hybridized carbons (Fsp3) is 1.00. The summed E-state index contributed by atoms with van der Waals surface area (Å²) in [5, 5.41) is 8.94. The van der Waals surface area contributed by atoms with Gasteiger partial charge in [0, 0.05) is 12.1 Å². The van der Waals surface area contributed by atoms with E-state index < -0.39 is 5.54 Å². The maximum atomic E-state index is 8.94. The van der Waals surface area contributed by atoms with Gasteiger partial charge in [-0.2, -0.15) is 0 Å². The SMILES string of the molecule is CC(N)(CO)CCCOCCOC(C)(C)C. The first-order valence-corrected chi connectivity index (χ1v) is 5.88. The Bertz CT molecular complexity index is 176. The minimum atomic E-state index is -0.481. The minimum Gasteiger partial charge on any atom is -0.394 e. The second-order valence-electron chi connectivity index (χ2n) is 5.49. The summed E-state index contributed by atoms with van der Waals surface area (Å²) < 4.78 is 10.9. The Morgan fingerprint density at radius 1 is 1.06 bits per heavy atom. The molecule has 3 N–H and O–H groups in total. The Morgan fingerprint density at radius 3 is 2.19 bits per heavy atom. The molecule has 0 aromatic heterocycles. The lowest BCUT2D eigenvalue weighted by Crippen LogP contribution is -2.40. The van der Waals surface area contributed by atoms with Crippen LogP contribution in [0.25, 0.3) is 0 Å². The van der Waals surface area contributed by atoms with Gasteiger partial charge in [0.2, 0.25) is 0 Å². The second kappa shape index (κ2) is 7.22. The summed E-state index contributed by atoms with van der Waals surface area (Å²) in [6.07, 6.45) is 1.63. The van der Waals surface area contributed by atoms with Crippen LogP contribution in [0.2, 0.25) is 0 Å². The Kier molecular flexibility index (Phi) is 7.15. The van der Waals surface area contributed by atoms with E-state index in [0.29, 0.717) is 19.8 Å². The molecule has 1 unspecified atom stereocenters. The molecule has 0 saturated carbocycles. The van der Waals surface area contributed by atoms with Crippen molar-refractivity contribution in [2.75, 3.05) is 26.4 Å². The summed E-state index contributed by atoms with van der Waals surface area (Å²) in [6.45, 7) is 9.81. The third kappa shape index (κ3) is 10.4. The van der Waals surface area contributed by atoms with Crippen molar-refractivity contribution in [3.63, 3.8) is 0 Å². The van der Waals surface area contributed by atoms with E-state index in [1.165, 1.54) is 0 Å². The predicted molar refractivity (Wildman–Crippen MR) is 65.4 cm³/mol. The third-order valence-electron chi connectivity index (χ3n) is 2.16. The fourth-order valence-electron chi connectivity index (χ4n) is 1.17. The van der Waals surface area contributed by atoms with E-state index in [-0.39, 0.29) is 12.2 Å². The van der Waals surface area contributed by atoms with Crippen molar-refractivity contribution in [2.45, 2.75) is 51.7 Å². The van der Waals surface area contributed by atoms with Crippen molar-refractivity contribution in [3.05, 3.63) is 0 Å². The van der Waals surface area contributed by atoms with Gasteiger partial charge in [0.25, 0.3) is 0 Å². The smallest absolute Gasteiger partial charge is 0.0707 e. The average Bonchev–Trinajstić information content (AvgIpc) is 2.14. The van der Waals surface area contributed by atoms with Gasteiger partial charge < -0.3 is 20.3 Å². The normalized spacial score (nSPS) is 16.1. The number of nitrogens with two attached hydrogens (primary N) is 1. The van der Waals surface area contributed by atoms with Crippen molar-refractivity contribution in [1.29, 1.82) is 0 Å². The molecule has 0 bridgehead atoms. The summed E-state index contributed by atoms with van der Waals surface area (Å²) in [5.41, 5.74) is 5.20. The molecular weight excluding hydrogens is 206 g/mol. The zero-order valence-electron chi connectivity index (χ0n) is 11.1. The second-order valence-corrected chi connectivity index (χ2v) is 5.49. The molecule has 0 spiro atoms. The fourth-order valence-corrected chi connectivity index (χ4v) is 1.17. The molecule has 0 heterocycles. The van der Waals surface area contributed by atoms with Crippen LogP contribution in [-0.2, 0) is 9.47 Å². The topological polar surface area (TPSA) is 64.7 Å². The van der Waals surface area contributed by atoms with Gasteiger partial charge in [0.05, 0.1) is 25.4 Å². The van der Waals surface area contributed by atoms with Crippen LogP contribution in [0.1, 0.15) is 40.5 Å². The van der Waals surface area contributed by atoms with Crippen molar-refractivity contribution in [1.82, 2.24) is 0 Å². The molecule has 0 radical (unpaired) electrons. The first kappa shape index (κ1) is 15.8. The van der Waals surface area contributed by atoms with Crippen LogP contribution in [0, 0.1) is 0 Å². The monoisotopic (exact) mass is 233 g/mol. The van der Waals surface area contributed by atoms with E-state index in [4.69, 9.17) is 20.3 Å². The van der Waals surface area contributed by atoms with Crippen LogP contribution in [0.3, 0.4) is 0 Å². The van der Waals surface area contributed by atoms with Gasteiger partial charge in [0.1, 0.15) is 0 Å². The maximum absolute atomic E-state index is 8.94. The molecule has 0 fully saturated rings. The van der Waals surface area contributed by atoms with E-state index in [9.17, 15) is 0 Å². The van der Waals surface area contributed by atoms with Crippen molar-refractivity contribution >= 4 is 0 Å². The van der Waals surface area contributed by atoms with Crippen molar-refractivity contribution in [3.8, 4) is 0 Å². The summed E-state index contributed by atoms with van der Waals surface area (Å²) in [5.74, 6) is 0. The largest absolute Gasteiger partial charge is 0.394 e. The summed E-state index contributed by atoms with van der Waals surface area (Å²) in [6, 6.07) is 0. The highest BCUT2D eigenvalue weighted by atomic mass is 16.5. The summed E-state index contributed by atoms with van der Waals surface area (Å²) >= 11 is 0. The first-order valence-electron chi connectivity index (χ1n) is 5.88. The third-order valence-corrected chi connectivity index (χ3v) is 2.16. The zero-order valence-corrected chi connectivity index (χ0v) is 11.1. The molecule has 0 rings (SSSR count). The number of rotatable bonds is 8. The highest BCUT2D eigenvalue weighted by Gasteiger charge is 2.15. The average molecular weight is 233 g/mol. The van der Waals surface area contributed by atoms with Crippen LogP contribution in [-0.4, -0.2) is 42.7 Å². The Balaban J connectivity index is 3.29. The van der Waals surface area contributed by atoms with Crippen molar-refractivity contribution in [2.24, 2.45) is 5.73 Å². The predicted octanol–water partition coefficient (Wildman–Crippen LogP) is 1.31. The summed E-state index contributed by atoms with van der Waals surface area (Å²) in [7, 11) is 0. The molecule has 0 aliphatic carbocycles. The Labute approximate surface area is 99.1 Å². The Morgan fingerprint density at radius 2 is 1.69 bits per heavy atom. The lowest BCUT2D eigenvalue weighted by atomic mass is 9.99. The van der Waals surface area contributed by atoms with E-state index in [2.05, 4.69) is 0 Å². The number of hydrogen-bond donors (Lipinski definition) is 2. The van der Waals surface area contributed by atoms with Crippen LogP contribution in [0.15, 0.2) is 0 Å². The molecule has 4 heteroatoms. The standard InChI is InChI=1S/C12H27NO3/c1-11(2,3)16-9-8-15-7-5-6-12(4,13)10-14/h14H,5-10,13H2,1-4H3. The van der Waals surface area contributed by atoms with E-state index in [1.807, 2.05) is 27.7 Å². The molecule has 4 nitrogen and oxygen atoms in total. The number of aliphatic hydroxyl groups is 1.